The zero-order valence-electron chi connectivity index (χ0n) is 14.8. The van der Waals surface area contributed by atoms with Gasteiger partial charge in [0.05, 0.1) is 11.4 Å². The Bertz CT molecular complexity index is 980. The van der Waals surface area contributed by atoms with Gasteiger partial charge in [-0.15, -0.1) is 11.3 Å². The van der Waals surface area contributed by atoms with Crippen LogP contribution in [0, 0.1) is 0 Å². The smallest absolute Gasteiger partial charge is 0.293 e. The number of ketones is 1. The second-order valence-corrected chi connectivity index (χ2v) is 8.37. The average Bonchev–Trinajstić information content (AvgIpc) is 3.41. The molecule has 3 amide bonds. The zero-order chi connectivity index (χ0) is 19.7. The number of nitrogens with zero attached hydrogens (tertiary/aromatic N) is 2. The SMILES string of the molecule is O=C(CN1C(=O)S/C(=C\c2cccs2)C1=O)c1ccc(N2CCCC2=O)cc1. The van der Waals surface area contributed by atoms with Crippen molar-refractivity contribution >= 4 is 57.7 Å². The Hall–Kier alpha value is -2.71. The lowest BCUT2D eigenvalue weighted by molar-refractivity contribution is -0.122. The van der Waals surface area contributed by atoms with Crippen LogP contribution < -0.4 is 4.90 Å². The lowest BCUT2D eigenvalue weighted by Crippen LogP contribution is -2.33. The van der Waals surface area contributed by atoms with Crippen LogP contribution in [0.5, 0.6) is 0 Å². The number of carbonyl (C=O) groups is 4. The number of hydrogen-bond donors (Lipinski definition) is 0. The first-order chi connectivity index (χ1) is 13.5. The summed E-state index contributed by atoms with van der Waals surface area (Å²) in [6.07, 6.45) is 3.04. The molecule has 0 N–H and O–H groups in total. The summed E-state index contributed by atoms with van der Waals surface area (Å²) in [6.45, 7) is 0.383. The van der Waals surface area contributed by atoms with E-state index in [1.807, 2.05) is 17.5 Å². The summed E-state index contributed by atoms with van der Waals surface area (Å²) >= 11 is 2.32. The number of imide groups is 1. The third-order valence-electron chi connectivity index (χ3n) is 4.57. The van der Waals surface area contributed by atoms with Gasteiger partial charge in [-0.25, -0.2) is 0 Å². The van der Waals surface area contributed by atoms with E-state index in [4.69, 9.17) is 0 Å². The largest absolute Gasteiger partial charge is 0.312 e. The number of Topliss-reactive ketones (excluding diaryl/α,β-unsaturated/α-hetero) is 1. The van der Waals surface area contributed by atoms with Gasteiger partial charge in [0.1, 0.15) is 0 Å². The molecule has 1 aromatic carbocycles. The van der Waals surface area contributed by atoms with Gasteiger partial charge < -0.3 is 4.90 Å². The molecule has 6 nitrogen and oxygen atoms in total. The summed E-state index contributed by atoms with van der Waals surface area (Å²) < 4.78 is 0. The van der Waals surface area contributed by atoms with Crippen LogP contribution in [-0.2, 0) is 9.59 Å². The van der Waals surface area contributed by atoms with Crippen molar-refractivity contribution < 1.29 is 19.2 Å². The first-order valence-electron chi connectivity index (χ1n) is 8.75. The lowest BCUT2D eigenvalue weighted by Gasteiger charge is -2.16. The number of anilines is 1. The monoisotopic (exact) mass is 412 g/mol. The highest BCUT2D eigenvalue weighted by molar-refractivity contribution is 8.18. The highest BCUT2D eigenvalue weighted by Gasteiger charge is 2.36. The fourth-order valence-corrected chi connectivity index (χ4v) is 4.68. The fraction of sp³-hybridized carbons (Fsp3) is 0.200. The van der Waals surface area contributed by atoms with Crippen LogP contribution >= 0.6 is 23.1 Å². The number of carbonyl (C=O) groups excluding carboxylic acids is 4. The van der Waals surface area contributed by atoms with E-state index in [2.05, 4.69) is 0 Å². The topological polar surface area (TPSA) is 74.8 Å². The van der Waals surface area contributed by atoms with Crippen molar-refractivity contribution in [3.63, 3.8) is 0 Å². The third kappa shape index (κ3) is 3.65. The van der Waals surface area contributed by atoms with E-state index < -0.39 is 11.1 Å². The van der Waals surface area contributed by atoms with Crippen LogP contribution in [0.1, 0.15) is 28.1 Å². The van der Waals surface area contributed by atoms with Crippen molar-refractivity contribution in [2.45, 2.75) is 12.8 Å². The van der Waals surface area contributed by atoms with Crippen LogP contribution in [0.3, 0.4) is 0 Å². The van der Waals surface area contributed by atoms with Gasteiger partial charge in [-0.2, -0.15) is 0 Å². The van der Waals surface area contributed by atoms with Crippen molar-refractivity contribution in [2.24, 2.45) is 0 Å². The van der Waals surface area contributed by atoms with Gasteiger partial charge in [0, 0.05) is 29.1 Å². The predicted molar refractivity (Wildman–Crippen MR) is 109 cm³/mol. The molecule has 0 radical (unpaired) electrons. The third-order valence-corrected chi connectivity index (χ3v) is 6.29. The minimum absolute atomic E-state index is 0.0782. The predicted octanol–water partition coefficient (Wildman–Crippen LogP) is 3.79. The number of amides is 3. The Balaban J connectivity index is 1.45. The molecule has 2 saturated heterocycles. The van der Waals surface area contributed by atoms with E-state index in [1.54, 1.807) is 35.2 Å². The van der Waals surface area contributed by atoms with Gasteiger partial charge in [-0.3, -0.25) is 24.1 Å². The summed E-state index contributed by atoms with van der Waals surface area (Å²) in [4.78, 5) is 52.9. The van der Waals surface area contributed by atoms with Crippen LogP contribution in [0.15, 0.2) is 46.7 Å². The van der Waals surface area contributed by atoms with Crippen LogP contribution in [-0.4, -0.2) is 40.8 Å². The van der Waals surface area contributed by atoms with Gasteiger partial charge >= 0.3 is 0 Å². The standard InChI is InChI=1S/C20H16N2O4S2/c23-16(13-5-7-14(8-6-13)21-9-1-4-18(21)24)12-22-19(25)17(28-20(22)26)11-15-3-2-10-27-15/h2-3,5-8,10-11H,1,4,9,12H2/b17-11-. The minimum Gasteiger partial charge on any atom is -0.312 e. The average molecular weight is 412 g/mol. The second-order valence-electron chi connectivity index (χ2n) is 6.40. The quantitative estimate of drug-likeness (QED) is 0.552. The first-order valence-corrected chi connectivity index (χ1v) is 10.4. The molecule has 4 rings (SSSR count). The number of thioether (sulfide) groups is 1. The molecule has 0 bridgehead atoms. The molecule has 0 atom stereocenters. The molecule has 1 aromatic heterocycles. The Kier molecular flexibility index (Phi) is 5.15. The summed E-state index contributed by atoms with van der Waals surface area (Å²) in [7, 11) is 0. The highest BCUT2D eigenvalue weighted by Crippen LogP contribution is 2.33. The van der Waals surface area contributed by atoms with Crippen molar-refractivity contribution in [2.75, 3.05) is 18.0 Å². The molecule has 0 aliphatic carbocycles. The van der Waals surface area contributed by atoms with Crippen LogP contribution in [0.4, 0.5) is 10.5 Å². The summed E-state index contributed by atoms with van der Waals surface area (Å²) in [5.74, 6) is -0.690. The molecule has 2 aliphatic heterocycles. The Morgan fingerprint density at radius 3 is 2.54 bits per heavy atom. The molecule has 2 aromatic rings. The molecule has 0 spiro atoms. The van der Waals surface area contributed by atoms with Crippen molar-refractivity contribution in [1.82, 2.24) is 4.90 Å². The maximum absolute atomic E-state index is 12.6. The molecule has 142 valence electrons. The number of benzene rings is 1. The zero-order valence-corrected chi connectivity index (χ0v) is 16.4. The van der Waals surface area contributed by atoms with E-state index in [1.165, 1.54) is 11.3 Å². The molecule has 0 saturated carbocycles. The Labute approximate surface area is 169 Å². The molecule has 3 heterocycles. The number of rotatable bonds is 5. The van der Waals surface area contributed by atoms with Gasteiger partial charge in [-0.05, 0) is 60.0 Å². The fourth-order valence-electron chi connectivity index (χ4n) is 3.12. The Morgan fingerprint density at radius 1 is 1.11 bits per heavy atom. The normalized spacial score (nSPS) is 18.6. The molecule has 8 heteroatoms. The molecule has 28 heavy (non-hydrogen) atoms. The lowest BCUT2D eigenvalue weighted by atomic mass is 10.1. The van der Waals surface area contributed by atoms with Crippen molar-refractivity contribution in [3.05, 3.63) is 57.1 Å². The van der Waals surface area contributed by atoms with Gasteiger partial charge in [0.15, 0.2) is 5.78 Å². The van der Waals surface area contributed by atoms with E-state index in [9.17, 15) is 19.2 Å². The van der Waals surface area contributed by atoms with Gasteiger partial charge in [0.2, 0.25) is 5.91 Å². The summed E-state index contributed by atoms with van der Waals surface area (Å²) in [5, 5.41) is 1.44. The molecular weight excluding hydrogens is 396 g/mol. The maximum atomic E-state index is 12.6. The van der Waals surface area contributed by atoms with Crippen LogP contribution in [0.2, 0.25) is 0 Å². The first kappa shape index (κ1) is 18.6. The maximum Gasteiger partial charge on any atom is 0.293 e. The van der Waals surface area contributed by atoms with E-state index in [0.29, 0.717) is 23.4 Å². The highest BCUT2D eigenvalue weighted by atomic mass is 32.2. The molecule has 2 aliphatic rings. The van der Waals surface area contributed by atoms with Gasteiger partial charge in [0.25, 0.3) is 11.1 Å². The van der Waals surface area contributed by atoms with Crippen LogP contribution in [0.25, 0.3) is 6.08 Å². The summed E-state index contributed by atoms with van der Waals surface area (Å²) in [6, 6.07) is 10.4. The van der Waals surface area contributed by atoms with E-state index in [-0.39, 0.29) is 18.2 Å². The summed E-state index contributed by atoms with van der Waals surface area (Å²) in [5.41, 5.74) is 1.15. The molecular formula is C20H16N2O4S2. The van der Waals surface area contributed by atoms with Gasteiger partial charge in [-0.1, -0.05) is 6.07 Å². The van der Waals surface area contributed by atoms with Crippen molar-refractivity contribution in [3.8, 4) is 0 Å². The minimum atomic E-state index is -0.448. The molecule has 0 unspecified atom stereocenters. The van der Waals surface area contributed by atoms with E-state index in [0.717, 1.165) is 33.6 Å². The molecule has 2 fully saturated rings. The van der Waals surface area contributed by atoms with Crippen molar-refractivity contribution in [1.29, 1.82) is 0 Å². The number of hydrogen-bond acceptors (Lipinski definition) is 6. The van der Waals surface area contributed by atoms with E-state index >= 15 is 0 Å². The Morgan fingerprint density at radius 2 is 1.89 bits per heavy atom. The second kappa shape index (κ2) is 7.73. The number of thiophene rings is 1.